The van der Waals surface area contributed by atoms with Crippen molar-refractivity contribution in [2.75, 3.05) is 39.6 Å². The summed E-state index contributed by atoms with van der Waals surface area (Å²) >= 11 is 0. The quantitative estimate of drug-likeness (QED) is 0.510. The van der Waals surface area contributed by atoms with Crippen molar-refractivity contribution in [1.82, 2.24) is 0 Å². The molecule has 36 heavy (non-hydrogen) atoms. The number of rotatable bonds is 0. The van der Waals surface area contributed by atoms with Gasteiger partial charge in [0, 0.05) is 0 Å². The van der Waals surface area contributed by atoms with E-state index in [1.54, 1.807) is 24.3 Å². The van der Waals surface area contributed by atoms with E-state index in [4.69, 9.17) is 28.4 Å². The first-order valence-corrected chi connectivity index (χ1v) is 12.1. The highest BCUT2D eigenvalue weighted by molar-refractivity contribution is 6.03. The lowest BCUT2D eigenvalue weighted by Crippen LogP contribution is -2.53. The molecule has 2 spiro atoms. The molecule has 192 valence electrons. The van der Waals surface area contributed by atoms with Crippen LogP contribution in [0.4, 0.5) is 0 Å². The Morgan fingerprint density at radius 1 is 0.528 bits per heavy atom. The number of fused-ring (bicyclic) bond motifs is 6. The standard InChI is InChI=1S/C28H32O8/c1-25(2)33-15-27(16-34-25)13-31-23(29)21-7-5-6-8-22(21)24(30)32-14-28(17-35-26(3,4)36-18-28)20-11-9-19(27)10-12-20/h5-12H,13-18H2,1-4H3. The zero-order valence-electron chi connectivity index (χ0n) is 21.1. The second kappa shape index (κ2) is 8.95. The van der Waals surface area contributed by atoms with E-state index >= 15 is 0 Å². The zero-order valence-corrected chi connectivity index (χ0v) is 21.1. The molecule has 0 aromatic heterocycles. The molecule has 4 heterocycles. The topological polar surface area (TPSA) is 89.5 Å². The predicted molar refractivity (Wildman–Crippen MR) is 129 cm³/mol. The Kier molecular flexibility index (Phi) is 6.19. The molecule has 0 unspecified atom stereocenters. The minimum absolute atomic E-state index is 0.0240. The van der Waals surface area contributed by atoms with Crippen molar-refractivity contribution in [2.45, 2.75) is 50.1 Å². The fourth-order valence-electron chi connectivity index (χ4n) is 4.66. The number of hydrogen-bond donors (Lipinski definition) is 0. The summed E-state index contributed by atoms with van der Waals surface area (Å²) in [7, 11) is 0. The lowest BCUT2D eigenvalue weighted by atomic mass is 9.77. The van der Waals surface area contributed by atoms with Crippen LogP contribution >= 0.6 is 0 Å². The Morgan fingerprint density at radius 3 is 1.19 bits per heavy atom. The summed E-state index contributed by atoms with van der Waals surface area (Å²) in [6.45, 7) is 8.70. The minimum atomic E-state index is -0.738. The summed E-state index contributed by atoms with van der Waals surface area (Å²) in [4.78, 5) is 26.3. The maximum absolute atomic E-state index is 13.1. The predicted octanol–water partition coefficient (Wildman–Crippen LogP) is 3.76. The molecule has 0 amide bonds. The molecule has 0 aliphatic carbocycles. The summed E-state index contributed by atoms with van der Waals surface area (Å²) in [5, 5.41) is 0. The number of carbonyl (C=O) groups excluding carboxylic acids is 2. The highest BCUT2D eigenvalue weighted by Crippen LogP contribution is 2.38. The largest absolute Gasteiger partial charge is 0.461 e. The first-order valence-electron chi connectivity index (χ1n) is 12.1. The fourth-order valence-corrected chi connectivity index (χ4v) is 4.66. The van der Waals surface area contributed by atoms with Gasteiger partial charge in [0.15, 0.2) is 11.6 Å². The van der Waals surface area contributed by atoms with Gasteiger partial charge in [-0.3, -0.25) is 0 Å². The van der Waals surface area contributed by atoms with E-state index < -0.39 is 34.3 Å². The Hall–Kier alpha value is -2.78. The van der Waals surface area contributed by atoms with Gasteiger partial charge >= 0.3 is 11.9 Å². The highest BCUT2D eigenvalue weighted by atomic mass is 16.7. The van der Waals surface area contributed by atoms with Crippen LogP contribution in [0, 0.1) is 0 Å². The van der Waals surface area contributed by atoms with Crippen LogP contribution in [-0.4, -0.2) is 63.2 Å². The van der Waals surface area contributed by atoms with Crippen LogP contribution in [0.5, 0.6) is 0 Å². The average Bonchev–Trinajstić information content (AvgIpc) is 2.87. The lowest BCUT2D eigenvalue weighted by Gasteiger charge is -2.44. The molecular weight excluding hydrogens is 464 g/mol. The van der Waals surface area contributed by atoms with Crippen molar-refractivity contribution in [3.63, 3.8) is 0 Å². The second-order valence-electron chi connectivity index (χ2n) is 10.8. The van der Waals surface area contributed by atoms with E-state index in [1.165, 1.54) is 0 Å². The van der Waals surface area contributed by atoms with Crippen LogP contribution in [0.25, 0.3) is 0 Å². The molecule has 2 fully saturated rings. The summed E-state index contributed by atoms with van der Waals surface area (Å²) in [5.74, 6) is -2.70. The fraction of sp³-hybridized carbons (Fsp3) is 0.500. The Balaban J connectivity index is 1.58. The minimum Gasteiger partial charge on any atom is -0.461 e. The van der Waals surface area contributed by atoms with E-state index in [-0.39, 0.29) is 24.3 Å². The third-order valence-corrected chi connectivity index (χ3v) is 7.22. The molecule has 2 aromatic rings. The molecule has 4 aliphatic heterocycles. The number of ether oxygens (including phenoxy) is 6. The zero-order chi connectivity index (χ0) is 25.6. The molecule has 0 radical (unpaired) electrons. The van der Waals surface area contributed by atoms with E-state index in [2.05, 4.69) is 0 Å². The maximum atomic E-state index is 13.1. The SMILES string of the molecule is CC1(C)OCC2(COC(=O)c3ccccc3C(=O)OCC3(COC(C)(C)OC3)c3ccc2cc3)CO1. The van der Waals surface area contributed by atoms with E-state index in [0.717, 1.165) is 11.1 Å². The van der Waals surface area contributed by atoms with Crippen LogP contribution in [0.1, 0.15) is 59.5 Å². The molecule has 0 saturated carbocycles. The lowest BCUT2D eigenvalue weighted by molar-refractivity contribution is -0.273. The highest BCUT2D eigenvalue weighted by Gasteiger charge is 2.46. The van der Waals surface area contributed by atoms with Gasteiger partial charge in [-0.2, -0.15) is 0 Å². The molecule has 8 nitrogen and oxygen atoms in total. The molecule has 4 aliphatic rings. The Morgan fingerprint density at radius 2 is 0.861 bits per heavy atom. The van der Waals surface area contributed by atoms with Crippen molar-refractivity contribution in [3.05, 3.63) is 70.8 Å². The monoisotopic (exact) mass is 496 g/mol. The van der Waals surface area contributed by atoms with E-state index in [9.17, 15) is 9.59 Å². The molecule has 2 aromatic carbocycles. The maximum Gasteiger partial charge on any atom is 0.339 e. The first-order chi connectivity index (χ1) is 17.0. The summed E-state index contributed by atoms with van der Waals surface area (Å²) in [6, 6.07) is 14.4. The number of carbonyl (C=O) groups is 2. The van der Waals surface area contributed by atoms with Gasteiger partial charge in [0.1, 0.15) is 13.2 Å². The van der Waals surface area contributed by atoms with Crippen molar-refractivity contribution in [2.24, 2.45) is 0 Å². The number of esters is 2. The van der Waals surface area contributed by atoms with Crippen molar-refractivity contribution in [3.8, 4) is 0 Å². The van der Waals surface area contributed by atoms with Crippen molar-refractivity contribution in [1.29, 1.82) is 0 Å². The second-order valence-corrected chi connectivity index (χ2v) is 10.8. The van der Waals surface area contributed by atoms with Gasteiger partial charge in [-0.15, -0.1) is 0 Å². The number of hydrogen-bond acceptors (Lipinski definition) is 8. The average molecular weight is 497 g/mol. The number of benzene rings is 2. The van der Waals surface area contributed by atoms with Gasteiger partial charge in [-0.25, -0.2) is 9.59 Å². The molecule has 0 atom stereocenters. The Bertz CT molecular complexity index is 1040. The van der Waals surface area contributed by atoms with Crippen LogP contribution in [-0.2, 0) is 39.3 Å². The van der Waals surface area contributed by atoms with Gasteiger partial charge in [-0.05, 0) is 51.0 Å². The Labute approximate surface area is 210 Å². The van der Waals surface area contributed by atoms with Gasteiger partial charge < -0.3 is 28.4 Å². The van der Waals surface area contributed by atoms with Crippen LogP contribution < -0.4 is 0 Å². The summed E-state index contributed by atoms with van der Waals surface area (Å²) in [6.07, 6.45) is 0. The van der Waals surface area contributed by atoms with Crippen LogP contribution in [0.3, 0.4) is 0 Å². The third-order valence-electron chi connectivity index (χ3n) is 7.22. The normalized spacial score (nSPS) is 24.4. The molecule has 0 N–H and O–H groups in total. The van der Waals surface area contributed by atoms with Gasteiger partial charge in [0.2, 0.25) is 0 Å². The van der Waals surface area contributed by atoms with Crippen LogP contribution in [0.15, 0.2) is 48.5 Å². The van der Waals surface area contributed by atoms with Crippen molar-refractivity contribution >= 4 is 11.9 Å². The molecule has 6 rings (SSSR count). The van der Waals surface area contributed by atoms with E-state index in [0.29, 0.717) is 26.4 Å². The van der Waals surface area contributed by atoms with E-state index in [1.807, 2.05) is 52.0 Å². The molecular formula is C28H32O8. The molecule has 8 heteroatoms. The van der Waals surface area contributed by atoms with Gasteiger partial charge in [-0.1, -0.05) is 36.4 Å². The summed E-state index contributed by atoms with van der Waals surface area (Å²) in [5.41, 5.74) is 0.714. The molecule has 2 saturated heterocycles. The third kappa shape index (κ3) is 4.66. The van der Waals surface area contributed by atoms with Gasteiger partial charge in [0.25, 0.3) is 0 Å². The van der Waals surface area contributed by atoms with Gasteiger partial charge in [0.05, 0.1) is 48.4 Å². The molecule has 2 bridgehead atoms. The van der Waals surface area contributed by atoms with Crippen molar-refractivity contribution < 1.29 is 38.0 Å². The van der Waals surface area contributed by atoms with Crippen LogP contribution in [0.2, 0.25) is 0 Å². The summed E-state index contributed by atoms with van der Waals surface area (Å²) < 4.78 is 35.6. The smallest absolute Gasteiger partial charge is 0.339 e. The first kappa shape index (κ1) is 24.9.